The molecule has 0 heterocycles. The highest BCUT2D eigenvalue weighted by Crippen LogP contribution is 2.43. The Morgan fingerprint density at radius 3 is 1.37 bits per heavy atom. The zero-order chi connectivity index (χ0) is 40.0. The van der Waals surface area contributed by atoms with Crippen LogP contribution < -0.4 is 0 Å². The van der Waals surface area contributed by atoms with Crippen molar-refractivity contribution in [1.29, 1.82) is 0 Å². The zero-order valence-corrected chi connectivity index (χ0v) is 36.9. The van der Waals surface area contributed by atoms with Crippen LogP contribution in [0, 0.1) is 0 Å². The van der Waals surface area contributed by atoms with Gasteiger partial charge in [0.25, 0.3) is 0 Å². The van der Waals surface area contributed by atoms with Crippen LogP contribution in [0.2, 0.25) is 0 Å². The van der Waals surface area contributed by atoms with Gasteiger partial charge in [-0.3, -0.25) is 18.6 Å². The first-order valence-corrected chi connectivity index (χ1v) is 23.9. The van der Waals surface area contributed by atoms with E-state index in [1.807, 2.05) is 21.1 Å². The Hall–Kier alpha value is -1.25. The van der Waals surface area contributed by atoms with Crippen molar-refractivity contribution >= 4 is 19.8 Å². The second kappa shape index (κ2) is 37.3. The molecule has 0 saturated heterocycles. The van der Waals surface area contributed by atoms with Crippen molar-refractivity contribution in [1.82, 2.24) is 0 Å². The predicted octanol–water partition coefficient (Wildman–Crippen LogP) is 12.6. The van der Waals surface area contributed by atoms with Crippen molar-refractivity contribution in [3.8, 4) is 0 Å². The minimum absolute atomic E-state index is 0.0332. The van der Waals surface area contributed by atoms with E-state index in [1.54, 1.807) is 0 Å². The third-order valence-electron chi connectivity index (χ3n) is 9.80. The second-order valence-corrected chi connectivity index (χ2v) is 17.9. The molecule has 0 aromatic carbocycles. The van der Waals surface area contributed by atoms with Crippen molar-refractivity contribution < 1.29 is 42.1 Å². The fraction of sp³-hybridized carbons (Fsp3) is 0.909. The summed E-state index contributed by atoms with van der Waals surface area (Å²) in [4.78, 5) is 35.3. The second-order valence-electron chi connectivity index (χ2n) is 16.4. The molecule has 0 bridgehead atoms. The van der Waals surface area contributed by atoms with Crippen LogP contribution in [0.5, 0.6) is 0 Å². The van der Waals surface area contributed by atoms with Gasteiger partial charge < -0.3 is 18.9 Å². The molecular weight excluding hydrogens is 701 g/mol. The molecule has 54 heavy (non-hydrogen) atoms. The van der Waals surface area contributed by atoms with E-state index in [0.717, 1.165) is 51.4 Å². The Balaban J connectivity index is 4.34. The molecule has 0 radical (unpaired) electrons. The molecule has 320 valence electrons. The van der Waals surface area contributed by atoms with Crippen LogP contribution in [0.15, 0.2) is 12.2 Å². The van der Waals surface area contributed by atoms with Crippen LogP contribution >= 0.6 is 7.82 Å². The van der Waals surface area contributed by atoms with Crippen LogP contribution in [-0.2, 0) is 32.7 Å². The number of phosphoric ester groups is 1. The molecule has 1 unspecified atom stereocenters. The van der Waals surface area contributed by atoms with Gasteiger partial charge in [-0.15, -0.1) is 0 Å². The van der Waals surface area contributed by atoms with E-state index in [1.165, 1.54) is 122 Å². The summed E-state index contributed by atoms with van der Waals surface area (Å²) in [6, 6.07) is 0. The summed E-state index contributed by atoms with van der Waals surface area (Å²) >= 11 is 0. The molecule has 9 nitrogen and oxygen atoms in total. The number of rotatable bonds is 41. The van der Waals surface area contributed by atoms with Gasteiger partial charge in [0.2, 0.25) is 0 Å². The number of unbranched alkanes of at least 4 members (excludes halogenated alkanes) is 25. The molecule has 0 aromatic rings. The summed E-state index contributed by atoms with van der Waals surface area (Å²) in [6.07, 6.45) is 38.2. The predicted molar refractivity (Wildman–Crippen MR) is 224 cm³/mol. The first kappa shape index (κ1) is 52.8. The van der Waals surface area contributed by atoms with E-state index in [0.29, 0.717) is 23.9 Å². The molecule has 0 aliphatic rings. The average Bonchev–Trinajstić information content (AvgIpc) is 3.12. The first-order valence-electron chi connectivity index (χ1n) is 22.4. The summed E-state index contributed by atoms with van der Waals surface area (Å²) < 4.78 is 34.3. The zero-order valence-electron chi connectivity index (χ0n) is 36.0. The number of allylic oxidation sites excluding steroid dienone is 2. The maximum absolute atomic E-state index is 12.7. The molecule has 0 rings (SSSR count). The van der Waals surface area contributed by atoms with Crippen molar-refractivity contribution in [2.45, 2.75) is 213 Å². The van der Waals surface area contributed by atoms with Gasteiger partial charge in [-0.25, -0.2) is 4.57 Å². The molecule has 0 spiro atoms. The summed E-state index contributed by atoms with van der Waals surface area (Å²) in [5.41, 5.74) is 0. The maximum Gasteiger partial charge on any atom is 0.472 e. The number of hydrogen-bond acceptors (Lipinski definition) is 7. The van der Waals surface area contributed by atoms with Crippen molar-refractivity contribution in [2.24, 2.45) is 0 Å². The number of hydrogen-bond donors (Lipinski definition) is 1. The normalized spacial score (nSPS) is 13.7. The molecule has 0 aromatic heterocycles. The van der Waals surface area contributed by atoms with Gasteiger partial charge in [0, 0.05) is 12.8 Å². The van der Waals surface area contributed by atoms with E-state index < -0.39 is 26.5 Å². The summed E-state index contributed by atoms with van der Waals surface area (Å²) in [5, 5.41) is 0. The minimum atomic E-state index is -4.37. The van der Waals surface area contributed by atoms with Crippen LogP contribution in [0.1, 0.15) is 206 Å². The molecule has 0 aliphatic heterocycles. The number of carbonyl (C=O) groups excluding carboxylic acids is 2. The average molecular weight is 789 g/mol. The highest BCUT2D eigenvalue weighted by Gasteiger charge is 2.27. The molecule has 1 N–H and O–H groups in total. The lowest BCUT2D eigenvalue weighted by molar-refractivity contribution is -0.870. The van der Waals surface area contributed by atoms with Crippen molar-refractivity contribution in [3.63, 3.8) is 0 Å². The summed E-state index contributed by atoms with van der Waals surface area (Å²) in [5.74, 6) is -0.798. The van der Waals surface area contributed by atoms with Gasteiger partial charge in [0.05, 0.1) is 27.7 Å². The SMILES string of the molecule is CCCCCCCCC/C=C\CCCCCCCC(=O)O[C@H](COC(=O)CCCCCCCCCCCCCCCC)COP(=O)(O)OCC[N+](C)(C)C. The number of carbonyl (C=O) groups is 2. The van der Waals surface area contributed by atoms with Gasteiger partial charge >= 0.3 is 19.8 Å². The fourth-order valence-corrected chi connectivity index (χ4v) is 6.99. The van der Waals surface area contributed by atoms with Gasteiger partial charge in [-0.05, 0) is 38.5 Å². The number of quaternary nitrogens is 1. The third kappa shape index (κ3) is 40.4. The van der Waals surface area contributed by atoms with Crippen LogP contribution in [0.3, 0.4) is 0 Å². The molecule has 10 heteroatoms. The molecule has 0 fully saturated rings. The third-order valence-corrected chi connectivity index (χ3v) is 10.8. The highest BCUT2D eigenvalue weighted by atomic mass is 31.2. The quantitative estimate of drug-likeness (QED) is 0.0214. The van der Waals surface area contributed by atoms with E-state index >= 15 is 0 Å². The fourth-order valence-electron chi connectivity index (χ4n) is 6.24. The standard InChI is InChI=1S/C44H86NO8P/c1-6-8-10-12-14-16-18-20-22-23-25-27-29-31-33-35-37-44(47)53-42(41-52-54(48,49)51-39-38-45(3,4)5)40-50-43(46)36-34-32-30-28-26-24-21-19-17-15-13-11-9-7-2/h22-23,42H,6-21,24-41H2,1-5H3/p+1/b23-22-/t42-/m1/s1. The maximum atomic E-state index is 12.7. The van der Waals surface area contributed by atoms with Crippen LogP contribution in [0.4, 0.5) is 0 Å². The first-order chi connectivity index (χ1) is 26.0. The molecule has 0 aliphatic carbocycles. The van der Waals surface area contributed by atoms with E-state index in [-0.39, 0.29) is 25.6 Å². The van der Waals surface area contributed by atoms with Crippen LogP contribution in [0.25, 0.3) is 0 Å². The largest absolute Gasteiger partial charge is 0.472 e. The molecule has 0 saturated carbocycles. The molecular formula is C44H87NO8P+. The van der Waals surface area contributed by atoms with Gasteiger partial charge in [-0.2, -0.15) is 0 Å². The number of likely N-dealkylation sites (N-methyl/N-ethyl adjacent to an activating group) is 1. The van der Waals surface area contributed by atoms with Gasteiger partial charge in [0.1, 0.15) is 19.8 Å². The molecule has 2 atom stereocenters. The van der Waals surface area contributed by atoms with Crippen LogP contribution in [-0.4, -0.2) is 74.9 Å². The van der Waals surface area contributed by atoms with Crippen molar-refractivity contribution in [2.75, 3.05) is 47.5 Å². The highest BCUT2D eigenvalue weighted by molar-refractivity contribution is 7.47. The van der Waals surface area contributed by atoms with Gasteiger partial charge in [0.15, 0.2) is 6.10 Å². The topological polar surface area (TPSA) is 108 Å². The van der Waals surface area contributed by atoms with Crippen molar-refractivity contribution in [3.05, 3.63) is 12.2 Å². The van der Waals surface area contributed by atoms with E-state index in [2.05, 4.69) is 26.0 Å². The lowest BCUT2D eigenvalue weighted by Gasteiger charge is -2.24. The van der Waals surface area contributed by atoms with E-state index in [9.17, 15) is 19.0 Å². The summed E-state index contributed by atoms with van der Waals surface area (Å²) in [6.45, 7) is 4.43. The number of esters is 2. The Labute approximate surface area is 333 Å². The Kier molecular flexibility index (Phi) is 36.5. The Bertz CT molecular complexity index is 938. The van der Waals surface area contributed by atoms with E-state index in [4.69, 9.17) is 18.5 Å². The summed E-state index contributed by atoms with van der Waals surface area (Å²) in [7, 11) is 1.48. The smallest absolute Gasteiger partial charge is 0.462 e. The Morgan fingerprint density at radius 1 is 0.556 bits per heavy atom. The van der Waals surface area contributed by atoms with Gasteiger partial charge in [-0.1, -0.05) is 167 Å². The minimum Gasteiger partial charge on any atom is -0.462 e. The number of ether oxygens (including phenoxy) is 2. The number of phosphoric acid groups is 1. The molecule has 0 amide bonds. The lowest BCUT2D eigenvalue weighted by atomic mass is 10.0. The number of nitrogens with zero attached hydrogens (tertiary/aromatic N) is 1. The Morgan fingerprint density at radius 2 is 0.944 bits per heavy atom. The monoisotopic (exact) mass is 789 g/mol. The lowest BCUT2D eigenvalue weighted by Crippen LogP contribution is -2.37.